The van der Waals surface area contributed by atoms with E-state index in [4.69, 9.17) is 4.74 Å². The highest BCUT2D eigenvalue weighted by Crippen LogP contribution is 2.43. The Morgan fingerprint density at radius 1 is 1.29 bits per heavy atom. The Hall–Kier alpha value is 0.1000. The molecule has 2 rings (SSSR count). The number of benzene rings is 1. The first kappa shape index (κ1) is 17.5. The zero-order valence-electron chi connectivity index (χ0n) is 13.1. The fourth-order valence-electron chi connectivity index (χ4n) is 2.97. The number of nitrogens with one attached hydrogen (secondary N) is 1. The van der Waals surface area contributed by atoms with E-state index in [-0.39, 0.29) is 5.60 Å². The second kappa shape index (κ2) is 7.58. The Balaban J connectivity index is 2.25. The average Bonchev–Trinajstić information content (AvgIpc) is 2.42. The molecule has 0 aromatic heterocycles. The van der Waals surface area contributed by atoms with Crippen LogP contribution >= 0.6 is 31.9 Å². The average molecular weight is 419 g/mol. The first-order valence-corrected chi connectivity index (χ1v) is 9.34. The minimum Gasteiger partial charge on any atom is -0.378 e. The summed E-state index contributed by atoms with van der Waals surface area (Å²) in [4.78, 5) is 0. The Kier molecular flexibility index (Phi) is 6.30. The van der Waals surface area contributed by atoms with Crippen LogP contribution in [0, 0.1) is 6.92 Å². The summed E-state index contributed by atoms with van der Waals surface area (Å²) in [7, 11) is 1.86. The first-order valence-electron chi connectivity index (χ1n) is 7.75. The molecular weight excluding hydrogens is 394 g/mol. The summed E-state index contributed by atoms with van der Waals surface area (Å²) in [6, 6.07) is 4.77. The molecule has 0 radical (unpaired) electrons. The molecule has 1 aromatic carbocycles. The fraction of sp³-hybridized carbons (Fsp3) is 0.647. The van der Waals surface area contributed by atoms with Crippen molar-refractivity contribution in [3.05, 3.63) is 32.2 Å². The Bertz CT molecular complexity index is 480. The van der Waals surface area contributed by atoms with Gasteiger partial charge in [-0.05, 0) is 68.8 Å². The van der Waals surface area contributed by atoms with Gasteiger partial charge in [-0.15, -0.1) is 0 Å². The third-order valence-corrected chi connectivity index (χ3v) is 6.11. The van der Waals surface area contributed by atoms with Gasteiger partial charge in [-0.2, -0.15) is 0 Å². The number of hydrogen-bond donors (Lipinski definition) is 1. The predicted molar refractivity (Wildman–Crippen MR) is 95.8 cm³/mol. The molecule has 1 aliphatic rings. The van der Waals surface area contributed by atoms with E-state index in [1.54, 1.807) is 0 Å². The lowest BCUT2D eigenvalue weighted by molar-refractivity contribution is -0.0838. The van der Waals surface area contributed by atoms with Crippen LogP contribution in [0.1, 0.15) is 56.2 Å². The van der Waals surface area contributed by atoms with Crippen molar-refractivity contribution < 1.29 is 4.74 Å². The fourth-order valence-corrected chi connectivity index (χ4v) is 4.07. The smallest absolute Gasteiger partial charge is 0.0697 e. The molecule has 1 fully saturated rings. The zero-order valence-corrected chi connectivity index (χ0v) is 16.3. The molecule has 1 atom stereocenters. The summed E-state index contributed by atoms with van der Waals surface area (Å²) in [5, 5.41) is 3.70. The molecule has 1 saturated carbocycles. The number of methoxy groups -OCH3 is 1. The summed E-state index contributed by atoms with van der Waals surface area (Å²) < 4.78 is 8.19. The topological polar surface area (TPSA) is 21.3 Å². The third-order valence-electron chi connectivity index (χ3n) is 4.57. The summed E-state index contributed by atoms with van der Waals surface area (Å²) in [6.45, 7) is 5.36. The molecule has 2 nitrogen and oxygen atoms in total. The van der Waals surface area contributed by atoms with Crippen LogP contribution in [0.5, 0.6) is 0 Å². The predicted octanol–water partition coefficient (Wildman–Crippen LogP) is 5.52. The molecule has 118 valence electrons. The van der Waals surface area contributed by atoms with Gasteiger partial charge in [0.15, 0.2) is 0 Å². The monoisotopic (exact) mass is 417 g/mol. The van der Waals surface area contributed by atoms with Crippen molar-refractivity contribution in [3.63, 3.8) is 0 Å². The highest BCUT2D eigenvalue weighted by Gasteiger charge is 2.39. The van der Waals surface area contributed by atoms with Crippen molar-refractivity contribution >= 4 is 31.9 Å². The van der Waals surface area contributed by atoms with Gasteiger partial charge in [0.2, 0.25) is 0 Å². The Morgan fingerprint density at radius 2 is 2.00 bits per heavy atom. The van der Waals surface area contributed by atoms with E-state index in [0.717, 1.165) is 19.4 Å². The Morgan fingerprint density at radius 3 is 2.52 bits per heavy atom. The number of rotatable bonds is 7. The molecule has 1 unspecified atom stereocenters. The van der Waals surface area contributed by atoms with Gasteiger partial charge in [0, 0.05) is 22.1 Å². The lowest BCUT2D eigenvalue weighted by Crippen LogP contribution is -2.43. The SMILES string of the molecule is CCCNC(CC1(OC)CCC1)c1cc(Br)c(C)cc1Br. The Labute approximate surface area is 145 Å². The molecule has 0 saturated heterocycles. The van der Waals surface area contributed by atoms with Crippen molar-refractivity contribution in [2.45, 2.75) is 57.6 Å². The van der Waals surface area contributed by atoms with Crippen molar-refractivity contribution in [1.29, 1.82) is 0 Å². The van der Waals surface area contributed by atoms with Crippen LogP contribution in [-0.4, -0.2) is 19.3 Å². The van der Waals surface area contributed by atoms with E-state index in [1.807, 2.05) is 7.11 Å². The van der Waals surface area contributed by atoms with Crippen LogP contribution in [0.15, 0.2) is 21.1 Å². The normalized spacial score (nSPS) is 18.3. The number of halogens is 2. The molecule has 0 spiro atoms. The van der Waals surface area contributed by atoms with Gasteiger partial charge < -0.3 is 10.1 Å². The van der Waals surface area contributed by atoms with E-state index < -0.39 is 0 Å². The molecule has 0 amide bonds. The van der Waals surface area contributed by atoms with Gasteiger partial charge in [0.1, 0.15) is 0 Å². The van der Waals surface area contributed by atoms with Gasteiger partial charge in [0.05, 0.1) is 5.60 Å². The molecule has 21 heavy (non-hydrogen) atoms. The molecule has 0 heterocycles. The van der Waals surface area contributed by atoms with Crippen LogP contribution in [0.25, 0.3) is 0 Å². The third kappa shape index (κ3) is 4.10. The molecule has 0 aliphatic heterocycles. The van der Waals surface area contributed by atoms with Crippen LogP contribution in [-0.2, 0) is 4.74 Å². The maximum absolute atomic E-state index is 5.83. The largest absolute Gasteiger partial charge is 0.378 e. The minimum absolute atomic E-state index is 0.0716. The van der Waals surface area contributed by atoms with Gasteiger partial charge in [0.25, 0.3) is 0 Å². The molecule has 1 aromatic rings. The van der Waals surface area contributed by atoms with Crippen LogP contribution in [0.3, 0.4) is 0 Å². The van der Waals surface area contributed by atoms with Gasteiger partial charge >= 0.3 is 0 Å². The first-order chi connectivity index (χ1) is 10.0. The second-order valence-electron chi connectivity index (χ2n) is 6.07. The summed E-state index contributed by atoms with van der Waals surface area (Å²) in [5.41, 5.74) is 2.65. The minimum atomic E-state index is 0.0716. The molecule has 1 aliphatic carbocycles. The van der Waals surface area contributed by atoms with Crippen LogP contribution in [0.2, 0.25) is 0 Å². The lowest BCUT2D eigenvalue weighted by Gasteiger charge is -2.43. The summed E-state index contributed by atoms with van der Waals surface area (Å²) in [5.74, 6) is 0. The van der Waals surface area contributed by atoms with Gasteiger partial charge in [-0.3, -0.25) is 0 Å². The van der Waals surface area contributed by atoms with Crippen molar-refractivity contribution in [2.75, 3.05) is 13.7 Å². The summed E-state index contributed by atoms with van der Waals surface area (Å²) in [6.07, 6.45) is 5.82. The number of aryl methyl sites for hydroxylation is 1. The van der Waals surface area contributed by atoms with Crippen molar-refractivity contribution in [1.82, 2.24) is 5.32 Å². The van der Waals surface area contributed by atoms with E-state index in [1.165, 1.54) is 39.3 Å². The van der Waals surface area contributed by atoms with Crippen LogP contribution in [0.4, 0.5) is 0 Å². The van der Waals surface area contributed by atoms with E-state index in [2.05, 4.69) is 63.2 Å². The van der Waals surface area contributed by atoms with E-state index in [9.17, 15) is 0 Å². The standard InChI is InChI=1S/C17H25Br2NO/c1-4-8-20-16(11-17(21-3)6-5-7-17)13-10-14(18)12(2)9-15(13)19/h9-10,16,20H,4-8,11H2,1-3H3. The number of hydrogen-bond acceptors (Lipinski definition) is 2. The zero-order chi connectivity index (χ0) is 15.5. The molecule has 0 bridgehead atoms. The number of ether oxygens (including phenoxy) is 1. The summed E-state index contributed by atoms with van der Waals surface area (Å²) >= 11 is 7.41. The maximum atomic E-state index is 5.83. The molecule has 1 N–H and O–H groups in total. The lowest BCUT2D eigenvalue weighted by atomic mass is 9.74. The van der Waals surface area contributed by atoms with E-state index >= 15 is 0 Å². The van der Waals surface area contributed by atoms with Gasteiger partial charge in [-0.25, -0.2) is 0 Å². The maximum Gasteiger partial charge on any atom is 0.0697 e. The molecule has 4 heteroatoms. The van der Waals surface area contributed by atoms with Crippen LogP contribution < -0.4 is 5.32 Å². The van der Waals surface area contributed by atoms with Crippen molar-refractivity contribution in [2.24, 2.45) is 0 Å². The van der Waals surface area contributed by atoms with Gasteiger partial charge in [-0.1, -0.05) is 38.8 Å². The highest BCUT2D eigenvalue weighted by atomic mass is 79.9. The molecular formula is C17H25Br2NO. The second-order valence-corrected chi connectivity index (χ2v) is 7.78. The quantitative estimate of drug-likeness (QED) is 0.629. The highest BCUT2D eigenvalue weighted by molar-refractivity contribution is 9.11. The van der Waals surface area contributed by atoms with E-state index in [0.29, 0.717) is 6.04 Å². The van der Waals surface area contributed by atoms with Crippen molar-refractivity contribution in [3.8, 4) is 0 Å².